The monoisotopic (exact) mass is 271 g/mol. The highest BCUT2D eigenvalue weighted by Crippen LogP contribution is 2.55. The Hall–Kier alpha value is -1.13. The van der Waals surface area contributed by atoms with Crippen LogP contribution in [0.25, 0.3) is 0 Å². The summed E-state index contributed by atoms with van der Waals surface area (Å²) >= 11 is 0. The molecule has 4 nitrogen and oxygen atoms in total. The van der Waals surface area contributed by atoms with Crippen LogP contribution in [0, 0.1) is 5.41 Å². The van der Waals surface area contributed by atoms with Gasteiger partial charge in [0.15, 0.2) is 12.0 Å². The molecule has 0 unspecified atom stereocenters. The van der Waals surface area contributed by atoms with Crippen molar-refractivity contribution in [2.24, 2.45) is 5.41 Å². The summed E-state index contributed by atoms with van der Waals surface area (Å²) in [7, 11) is 0. The van der Waals surface area contributed by atoms with Gasteiger partial charge in [0.25, 0.3) is 0 Å². The van der Waals surface area contributed by atoms with Crippen molar-refractivity contribution in [1.82, 2.24) is 4.90 Å². The van der Waals surface area contributed by atoms with Crippen LogP contribution in [0.3, 0.4) is 0 Å². The van der Waals surface area contributed by atoms with Crippen molar-refractivity contribution in [2.75, 3.05) is 13.1 Å². The smallest absolute Gasteiger partial charge is 0.410 e. The number of carbonyl (C=O) groups excluding carboxylic acids is 2. The number of likely N-dealkylation sites (tertiary alicyclic amines) is 1. The van der Waals surface area contributed by atoms with Crippen molar-refractivity contribution < 1.29 is 18.7 Å². The van der Waals surface area contributed by atoms with E-state index in [2.05, 4.69) is 0 Å². The number of halogens is 1. The van der Waals surface area contributed by atoms with E-state index in [1.807, 2.05) is 20.8 Å². The maximum absolute atomic E-state index is 13.7. The number of nitrogens with zero attached hydrogens (tertiary/aromatic N) is 1. The molecule has 5 heteroatoms. The lowest BCUT2D eigenvalue weighted by Crippen LogP contribution is -2.55. The Bertz CT molecular complexity index is 373. The second kappa shape index (κ2) is 4.46. The van der Waals surface area contributed by atoms with Gasteiger partial charge in [0.2, 0.25) is 0 Å². The van der Waals surface area contributed by atoms with Gasteiger partial charge >= 0.3 is 6.09 Å². The van der Waals surface area contributed by atoms with Gasteiger partial charge in [0.1, 0.15) is 5.60 Å². The summed E-state index contributed by atoms with van der Waals surface area (Å²) in [6.07, 6.45) is 2.26. The van der Waals surface area contributed by atoms with Gasteiger partial charge in [-0.2, -0.15) is 0 Å². The number of hydrogen-bond acceptors (Lipinski definition) is 3. The predicted octanol–water partition coefficient (Wildman–Crippen LogP) is 2.70. The molecule has 1 saturated carbocycles. The molecule has 1 amide bonds. The first-order chi connectivity index (χ1) is 8.67. The van der Waals surface area contributed by atoms with E-state index in [4.69, 9.17) is 4.74 Å². The van der Waals surface area contributed by atoms with Crippen LogP contribution in [0.4, 0.5) is 9.18 Å². The second-order valence-electron chi connectivity index (χ2n) is 6.97. The highest BCUT2D eigenvalue weighted by molar-refractivity contribution is 5.68. The van der Waals surface area contributed by atoms with Crippen LogP contribution in [-0.4, -0.2) is 41.6 Å². The van der Waals surface area contributed by atoms with E-state index in [-0.39, 0.29) is 11.5 Å². The maximum Gasteiger partial charge on any atom is 0.410 e. The number of ether oxygens (including phenoxy) is 1. The molecule has 0 radical (unpaired) electrons. The molecule has 0 N–H and O–H groups in total. The summed E-state index contributed by atoms with van der Waals surface area (Å²) in [5, 5.41) is 0. The van der Waals surface area contributed by atoms with Crippen molar-refractivity contribution >= 4 is 12.4 Å². The fourth-order valence-corrected chi connectivity index (χ4v) is 3.12. The van der Waals surface area contributed by atoms with Crippen molar-refractivity contribution in [1.29, 1.82) is 0 Å². The van der Waals surface area contributed by atoms with E-state index in [1.165, 1.54) is 0 Å². The van der Waals surface area contributed by atoms with Gasteiger partial charge in [-0.25, -0.2) is 9.18 Å². The van der Waals surface area contributed by atoms with Gasteiger partial charge in [-0.1, -0.05) is 0 Å². The lowest BCUT2D eigenvalue weighted by Gasteiger charge is -2.53. The topological polar surface area (TPSA) is 46.6 Å². The summed E-state index contributed by atoms with van der Waals surface area (Å²) < 4.78 is 19.0. The number of hydrogen-bond donors (Lipinski definition) is 0. The van der Waals surface area contributed by atoms with Gasteiger partial charge in [-0.05, 0) is 51.9 Å². The van der Waals surface area contributed by atoms with E-state index in [9.17, 15) is 14.0 Å². The number of alkyl halides is 1. The van der Waals surface area contributed by atoms with Gasteiger partial charge in [-0.3, -0.25) is 4.79 Å². The molecular weight excluding hydrogens is 249 g/mol. The number of piperidine rings is 1. The Kier molecular flexibility index (Phi) is 3.35. The van der Waals surface area contributed by atoms with E-state index < -0.39 is 11.3 Å². The molecule has 2 aliphatic rings. The SMILES string of the molecule is CC(C)(C)OC(=O)N1CCC2(CC1)CC(F)(C=O)C2. The minimum absolute atomic E-state index is 0.0752. The summed E-state index contributed by atoms with van der Waals surface area (Å²) in [6, 6.07) is 0. The molecule has 108 valence electrons. The number of carbonyl (C=O) groups is 2. The highest BCUT2D eigenvalue weighted by atomic mass is 19.1. The Morgan fingerprint density at radius 2 is 1.79 bits per heavy atom. The van der Waals surface area contributed by atoms with Gasteiger partial charge in [0, 0.05) is 13.1 Å². The second-order valence-corrected chi connectivity index (χ2v) is 6.97. The first-order valence-corrected chi connectivity index (χ1v) is 6.80. The molecule has 19 heavy (non-hydrogen) atoms. The van der Waals surface area contributed by atoms with Crippen LogP contribution in [0.5, 0.6) is 0 Å². The fraction of sp³-hybridized carbons (Fsp3) is 0.857. The minimum Gasteiger partial charge on any atom is -0.444 e. The normalized spacial score (nSPS) is 24.7. The van der Waals surface area contributed by atoms with Crippen LogP contribution < -0.4 is 0 Å². The molecule has 0 aromatic carbocycles. The molecule has 0 aromatic heterocycles. The molecule has 1 saturated heterocycles. The molecule has 2 fully saturated rings. The van der Waals surface area contributed by atoms with E-state index in [0.29, 0.717) is 32.2 Å². The van der Waals surface area contributed by atoms with Crippen LogP contribution >= 0.6 is 0 Å². The lowest BCUT2D eigenvalue weighted by molar-refractivity contribution is -0.140. The Labute approximate surface area is 113 Å². The van der Waals surface area contributed by atoms with Crippen LogP contribution in [-0.2, 0) is 9.53 Å². The summed E-state index contributed by atoms with van der Waals surface area (Å²) in [5.74, 6) is 0. The van der Waals surface area contributed by atoms with Crippen LogP contribution in [0.2, 0.25) is 0 Å². The molecule has 0 aromatic rings. The quantitative estimate of drug-likeness (QED) is 0.689. The van der Waals surface area contributed by atoms with Crippen LogP contribution in [0.1, 0.15) is 46.5 Å². The Morgan fingerprint density at radius 1 is 1.26 bits per heavy atom. The average molecular weight is 271 g/mol. The molecule has 1 spiro atoms. The zero-order valence-corrected chi connectivity index (χ0v) is 11.9. The Morgan fingerprint density at radius 3 is 2.21 bits per heavy atom. The first-order valence-electron chi connectivity index (χ1n) is 6.80. The fourth-order valence-electron chi connectivity index (χ4n) is 3.12. The van der Waals surface area contributed by atoms with E-state index >= 15 is 0 Å². The lowest BCUT2D eigenvalue weighted by atomic mass is 9.56. The molecule has 1 aliphatic carbocycles. The molecule has 1 heterocycles. The minimum atomic E-state index is -1.62. The zero-order chi connectivity index (χ0) is 14.3. The predicted molar refractivity (Wildman–Crippen MR) is 68.6 cm³/mol. The number of amides is 1. The molecule has 1 aliphatic heterocycles. The van der Waals surface area contributed by atoms with Crippen molar-refractivity contribution in [2.45, 2.75) is 57.7 Å². The largest absolute Gasteiger partial charge is 0.444 e. The summed E-state index contributed by atoms with van der Waals surface area (Å²) in [6.45, 7) is 6.69. The van der Waals surface area contributed by atoms with E-state index in [0.717, 1.165) is 12.8 Å². The van der Waals surface area contributed by atoms with Crippen LogP contribution in [0.15, 0.2) is 0 Å². The standard InChI is InChI=1S/C14H22FNO3/c1-12(2,3)19-11(18)16-6-4-13(5-7-16)8-14(15,9-13)10-17/h10H,4-9H2,1-3H3. The molecular formula is C14H22FNO3. The molecule has 0 atom stereocenters. The molecule has 2 rings (SSSR count). The number of aldehydes is 1. The van der Waals surface area contributed by atoms with Crippen molar-refractivity contribution in [3.05, 3.63) is 0 Å². The highest BCUT2D eigenvalue weighted by Gasteiger charge is 2.56. The number of rotatable bonds is 1. The zero-order valence-electron chi connectivity index (χ0n) is 11.9. The first kappa shape index (κ1) is 14.3. The van der Waals surface area contributed by atoms with E-state index in [1.54, 1.807) is 4.90 Å². The third-order valence-electron chi connectivity index (χ3n) is 4.02. The van der Waals surface area contributed by atoms with Crippen molar-refractivity contribution in [3.63, 3.8) is 0 Å². The average Bonchev–Trinajstić information content (AvgIpc) is 2.25. The maximum atomic E-state index is 13.7. The Balaban J connectivity index is 1.84. The van der Waals surface area contributed by atoms with Crippen molar-refractivity contribution in [3.8, 4) is 0 Å². The van der Waals surface area contributed by atoms with Gasteiger partial charge in [0.05, 0.1) is 0 Å². The molecule has 0 bridgehead atoms. The third-order valence-corrected chi connectivity index (χ3v) is 4.02. The van der Waals surface area contributed by atoms with Gasteiger partial charge in [-0.15, -0.1) is 0 Å². The summed E-state index contributed by atoms with van der Waals surface area (Å²) in [4.78, 5) is 24.2. The van der Waals surface area contributed by atoms with Gasteiger partial charge < -0.3 is 9.64 Å². The summed E-state index contributed by atoms with van der Waals surface area (Å²) in [5.41, 5.74) is -2.18. The third kappa shape index (κ3) is 3.07.